The third-order valence-corrected chi connectivity index (χ3v) is 8.10. The van der Waals surface area contributed by atoms with E-state index in [2.05, 4.69) is 82.8 Å². The summed E-state index contributed by atoms with van der Waals surface area (Å²) in [7, 11) is 0. The lowest BCUT2D eigenvalue weighted by atomic mass is 9.99. The monoisotopic (exact) mass is 662 g/mol. The summed E-state index contributed by atoms with van der Waals surface area (Å²) in [6.07, 6.45) is 3.44. The first-order chi connectivity index (χ1) is 22.8. The fourth-order valence-electron chi connectivity index (χ4n) is 4.17. The molecule has 0 aliphatic heterocycles. The molecule has 2 aromatic heterocycles. The number of aromatic nitrogens is 2. The van der Waals surface area contributed by atoms with Crippen LogP contribution < -0.4 is 5.73 Å². The standard InChI is InChI=1S/C18H16N2S.C13H13N.C5H5NOS.C2H4O2/c1-14(18-19-12-13-21-18)20-17(15-8-4-2-5-9-15)16-10-6-3-7-11-16;14-13(11-7-3-1-4-8-11)12-9-5-2-6-10-12;1-4(7)5-6-2-3-8-5;1-2(3)4/h2-13,17H,1H3;1-10,13H,14H2;2-3H,1H3;1H3,(H,3,4). The second-order valence-corrected chi connectivity index (χ2v) is 11.8. The lowest BCUT2D eigenvalue weighted by Gasteiger charge is -2.14. The minimum absolute atomic E-state index is 0.0105. The fraction of sp³-hybridized carbons (Fsp3) is 0.132. The summed E-state index contributed by atoms with van der Waals surface area (Å²) in [4.78, 5) is 32.5. The lowest BCUT2D eigenvalue weighted by molar-refractivity contribution is -0.134. The van der Waals surface area contributed by atoms with E-state index in [-0.39, 0.29) is 17.9 Å². The molecule has 0 bridgehead atoms. The number of aliphatic imine (C=N–C) groups is 1. The van der Waals surface area contributed by atoms with Crippen LogP contribution in [-0.2, 0) is 4.79 Å². The van der Waals surface area contributed by atoms with Crippen LogP contribution in [0.3, 0.4) is 0 Å². The van der Waals surface area contributed by atoms with Crippen molar-refractivity contribution in [3.63, 3.8) is 0 Å². The number of hydrogen-bond acceptors (Lipinski definition) is 8. The molecule has 0 fully saturated rings. The molecule has 7 nitrogen and oxygen atoms in total. The molecule has 0 amide bonds. The van der Waals surface area contributed by atoms with Crippen molar-refractivity contribution >= 4 is 40.1 Å². The van der Waals surface area contributed by atoms with Crippen molar-refractivity contribution < 1.29 is 14.7 Å². The van der Waals surface area contributed by atoms with Crippen LogP contribution in [0.5, 0.6) is 0 Å². The third-order valence-electron chi connectivity index (χ3n) is 6.35. The number of carboxylic acid groups (broad SMARTS) is 1. The van der Waals surface area contributed by atoms with Crippen molar-refractivity contribution in [2.75, 3.05) is 0 Å². The highest BCUT2D eigenvalue weighted by Gasteiger charge is 2.13. The normalized spacial score (nSPS) is 10.5. The fourth-order valence-corrected chi connectivity index (χ4v) is 5.31. The zero-order valence-electron chi connectivity index (χ0n) is 26.5. The number of benzene rings is 4. The molecule has 240 valence electrons. The summed E-state index contributed by atoms with van der Waals surface area (Å²) in [5.41, 5.74) is 11.8. The van der Waals surface area contributed by atoms with Crippen molar-refractivity contribution in [3.05, 3.63) is 177 Å². The summed E-state index contributed by atoms with van der Waals surface area (Å²) in [5, 5.41) is 12.8. The Morgan fingerprint density at radius 3 is 1.26 bits per heavy atom. The molecule has 0 aliphatic carbocycles. The van der Waals surface area contributed by atoms with Gasteiger partial charge in [-0.3, -0.25) is 14.6 Å². The number of ketones is 1. The van der Waals surface area contributed by atoms with Crippen LogP contribution in [0.2, 0.25) is 0 Å². The zero-order chi connectivity index (χ0) is 33.9. The van der Waals surface area contributed by atoms with Gasteiger partial charge in [0.15, 0.2) is 10.8 Å². The Hall–Kier alpha value is -5.09. The van der Waals surface area contributed by atoms with Gasteiger partial charge in [0.1, 0.15) is 11.0 Å². The van der Waals surface area contributed by atoms with Gasteiger partial charge in [0.05, 0.1) is 11.8 Å². The molecular weight excluding hydrogens is 625 g/mol. The van der Waals surface area contributed by atoms with E-state index in [0.29, 0.717) is 5.01 Å². The Morgan fingerprint density at radius 1 is 0.617 bits per heavy atom. The Balaban J connectivity index is 0.000000198. The summed E-state index contributed by atoms with van der Waals surface area (Å²) in [5.74, 6) is -0.792. The van der Waals surface area contributed by atoms with Crippen LogP contribution >= 0.6 is 22.7 Å². The first kappa shape index (κ1) is 36.4. The number of aliphatic carboxylic acids is 1. The maximum Gasteiger partial charge on any atom is 0.300 e. The van der Waals surface area contributed by atoms with Gasteiger partial charge in [-0.25, -0.2) is 9.97 Å². The first-order valence-corrected chi connectivity index (χ1v) is 16.5. The molecule has 6 rings (SSSR count). The van der Waals surface area contributed by atoms with Crippen LogP contribution in [-0.4, -0.2) is 32.5 Å². The maximum absolute atomic E-state index is 10.5. The zero-order valence-corrected chi connectivity index (χ0v) is 28.1. The average Bonchev–Trinajstić information content (AvgIpc) is 3.85. The second kappa shape index (κ2) is 20.1. The molecule has 4 aromatic carbocycles. The van der Waals surface area contributed by atoms with E-state index in [1.165, 1.54) is 29.4 Å². The van der Waals surface area contributed by atoms with Crippen molar-refractivity contribution in [2.45, 2.75) is 32.9 Å². The Bertz CT molecular complexity index is 1660. The van der Waals surface area contributed by atoms with Gasteiger partial charge in [0.25, 0.3) is 5.97 Å². The van der Waals surface area contributed by atoms with Gasteiger partial charge >= 0.3 is 0 Å². The minimum atomic E-state index is -0.833. The third kappa shape index (κ3) is 13.0. The number of thiazole rings is 2. The van der Waals surface area contributed by atoms with Gasteiger partial charge in [-0.05, 0) is 29.2 Å². The summed E-state index contributed by atoms with van der Waals surface area (Å²) < 4.78 is 0. The number of nitrogens with zero attached hydrogens (tertiary/aromatic N) is 3. The second-order valence-electron chi connectivity index (χ2n) is 9.99. The molecule has 9 heteroatoms. The van der Waals surface area contributed by atoms with E-state index >= 15 is 0 Å². The van der Waals surface area contributed by atoms with E-state index in [4.69, 9.17) is 20.6 Å². The van der Waals surface area contributed by atoms with Gasteiger partial charge in [-0.1, -0.05) is 121 Å². The molecular formula is C38H38N4O3S2. The molecule has 0 spiro atoms. The molecule has 47 heavy (non-hydrogen) atoms. The maximum atomic E-state index is 10.5. The van der Waals surface area contributed by atoms with Crippen molar-refractivity contribution in [1.82, 2.24) is 9.97 Å². The van der Waals surface area contributed by atoms with E-state index < -0.39 is 5.97 Å². The summed E-state index contributed by atoms with van der Waals surface area (Å²) in [6.45, 7) is 4.62. The number of rotatable bonds is 7. The predicted octanol–water partition coefficient (Wildman–Crippen LogP) is 8.91. The highest BCUT2D eigenvalue weighted by Crippen LogP contribution is 2.27. The largest absolute Gasteiger partial charge is 0.481 e. The SMILES string of the molecule is CC(=NC(c1ccccc1)c1ccccc1)c1nccs1.CC(=O)O.CC(=O)c1nccs1.NC(c1ccccc1)c1ccccc1. The van der Waals surface area contributed by atoms with Gasteiger partial charge in [0.2, 0.25) is 0 Å². The van der Waals surface area contributed by atoms with E-state index in [1.54, 1.807) is 22.9 Å². The number of carbonyl (C=O) groups excluding carboxylic acids is 1. The molecule has 6 aromatic rings. The van der Waals surface area contributed by atoms with Crippen molar-refractivity contribution in [2.24, 2.45) is 10.7 Å². The Kier molecular flexibility index (Phi) is 15.6. The number of Topliss-reactive ketones (excluding diaryl/α,β-unsaturated/α-hetero) is 1. The van der Waals surface area contributed by atoms with Crippen LogP contribution in [0, 0.1) is 0 Å². The summed E-state index contributed by atoms with van der Waals surface area (Å²) >= 11 is 2.99. The van der Waals surface area contributed by atoms with E-state index in [0.717, 1.165) is 28.8 Å². The predicted molar refractivity (Wildman–Crippen MR) is 193 cm³/mol. The Labute approximate surface area is 284 Å². The Morgan fingerprint density at radius 2 is 0.957 bits per heavy atom. The first-order valence-electron chi connectivity index (χ1n) is 14.8. The summed E-state index contributed by atoms with van der Waals surface area (Å²) in [6, 6.07) is 41.0. The molecule has 0 saturated carbocycles. The highest BCUT2D eigenvalue weighted by molar-refractivity contribution is 7.11. The molecule has 2 heterocycles. The molecule has 0 radical (unpaired) electrons. The van der Waals surface area contributed by atoms with Gasteiger partial charge in [-0.15, -0.1) is 22.7 Å². The number of carbonyl (C=O) groups is 2. The van der Waals surface area contributed by atoms with Gasteiger partial charge in [-0.2, -0.15) is 0 Å². The molecule has 0 saturated heterocycles. The van der Waals surface area contributed by atoms with Crippen molar-refractivity contribution in [1.29, 1.82) is 0 Å². The molecule has 3 N–H and O–H groups in total. The van der Waals surface area contributed by atoms with E-state index in [9.17, 15) is 4.79 Å². The number of carboxylic acids is 1. The minimum Gasteiger partial charge on any atom is -0.481 e. The van der Waals surface area contributed by atoms with Gasteiger partial charge < -0.3 is 10.8 Å². The smallest absolute Gasteiger partial charge is 0.300 e. The topological polar surface area (TPSA) is 119 Å². The average molecular weight is 663 g/mol. The van der Waals surface area contributed by atoms with Crippen LogP contribution in [0.25, 0.3) is 0 Å². The molecule has 0 unspecified atom stereocenters. The number of hydrogen-bond donors (Lipinski definition) is 2. The van der Waals surface area contributed by atoms with E-state index in [1.807, 2.05) is 67.0 Å². The lowest BCUT2D eigenvalue weighted by Crippen LogP contribution is -2.11. The van der Waals surface area contributed by atoms with Crippen LogP contribution in [0.15, 0.2) is 149 Å². The van der Waals surface area contributed by atoms with Crippen LogP contribution in [0.1, 0.15) is 69.9 Å². The highest BCUT2D eigenvalue weighted by atomic mass is 32.1. The molecule has 0 aliphatic rings. The number of nitrogens with two attached hydrogens (primary N) is 1. The van der Waals surface area contributed by atoms with Gasteiger partial charge in [0, 0.05) is 37.0 Å². The molecule has 0 atom stereocenters. The van der Waals surface area contributed by atoms with Crippen molar-refractivity contribution in [3.8, 4) is 0 Å². The quantitative estimate of drug-likeness (QED) is 0.130. The van der Waals surface area contributed by atoms with Crippen LogP contribution in [0.4, 0.5) is 0 Å².